The molecule has 1 aromatic rings. The van der Waals surface area contributed by atoms with Crippen LogP contribution in [-0.2, 0) is 0 Å². The summed E-state index contributed by atoms with van der Waals surface area (Å²) in [6.45, 7) is 1.51. The fourth-order valence-corrected chi connectivity index (χ4v) is 1.64. The van der Waals surface area contributed by atoms with Crippen molar-refractivity contribution < 1.29 is 13.5 Å². The lowest BCUT2D eigenvalue weighted by atomic mass is 10.1. The third kappa shape index (κ3) is 1.88. The van der Waals surface area contributed by atoms with Gasteiger partial charge < -0.3 is 10.5 Å². The average Bonchev–Trinajstić information content (AvgIpc) is 2.10. The van der Waals surface area contributed by atoms with Gasteiger partial charge in [-0.2, -0.15) is 0 Å². The van der Waals surface area contributed by atoms with Gasteiger partial charge in [-0.05, 0) is 22.9 Å². The number of ether oxygens (including phenoxy) is 1. The van der Waals surface area contributed by atoms with Crippen molar-refractivity contribution >= 4 is 15.9 Å². The van der Waals surface area contributed by atoms with Crippen LogP contribution in [0.15, 0.2) is 10.5 Å². The van der Waals surface area contributed by atoms with Gasteiger partial charge in [0.25, 0.3) is 0 Å². The van der Waals surface area contributed by atoms with E-state index in [0.717, 1.165) is 6.07 Å². The zero-order chi connectivity index (χ0) is 10.9. The lowest BCUT2D eigenvalue weighted by Crippen LogP contribution is -2.11. The molecule has 1 unspecified atom stereocenters. The van der Waals surface area contributed by atoms with Gasteiger partial charge in [-0.15, -0.1) is 0 Å². The van der Waals surface area contributed by atoms with Gasteiger partial charge in [-0.3, -0.25) is 0 Å². The molecule has 14 heavy (non-hydrogen) atoms. The van der Waals surface area contributed by atoms with Crippen molar-refractivity contribution in [3.63, 3.8) is 0 Å². The molecule has 0 aromatic heterocycles. The van der Waals surface area contributed by atoms with Gasteiger partial charge in [-0.1, -0.05) is 0 Å². The van der Waals surface area contributed by atoms with E-state index in [1.807, 2.05) is 0 Å². The highest BCUT2D eigenvalue weighted by atomic mass is 79.9. The first-order valence-corrected chi connectivity index (χ1v) is 4.75. The highest BCUT2D eigenvalue weighted by molar-refractivity contribution is 9.10. The van der Waals surface area contributed by atoms with E-state index in [2.05, 4.69) is 15.9 Å². The average molecular weight is 266 g/mol. The van der Waals surface area contributed by atoms with Crippen molar-refractivity contribution in [2.45, 2.75) is 13.0 Å². The Labute approximate surface area is 89.2 Å². The summed E-state index contributed by atoms with van der Waals surface area (Å²) in [5, 5.41) is 0. The highest BCUT2D eigenvalue weighted by Gasteiger charge is 2.19. The minimum atomic E-state index is -0.711. The lowest BCUT2D eigenvalue weighted by Gasteiger charge is -2.12. The molecule has 2 N–H and O–H groups in total. The van der Waals surface area contributed by atoms with Crippen LogP contribution < -0.4 is 10.5 Å². The van der Waals surface area contributed by atoms with Crippen LogP contribution in [0.1, 0.15) is 18.5 Å². The summed E-state index contributed by atoms with van der Waals surface area (Å²) in [4.78, 5) is 0. The van der Waals surface area contributed by atoms with E-state index >= 15 is 0 Å². The maximum atomic E-state index is 13.5. The summed E-state index contributed by atoms with van der Waals surface area (Å²) in [5.41, 5.74) is 5.29. The van der Waals surface area contributed by atoms with E-state index in [9.17, 15) is 8.78 Å². The van der Waals surface area contributed by atoms with Gasteiger partial charge in [0.15, 0.2) is 0 Å². The molecule has 0 spiro atoms. The fraction of sp³-hybridized carbons (Fsp3) is 0.333. The highest BCUT2D eigenvalue weighted by Crippen LogP contribution is 2.33. The second-order valence-electron chi connectivity index (χ2n) is 2.89. The Morgan fingerprint density at radius 3 is 2.50 bits per heavy atom. The monoisotopic (exact) mass is 265 g/mol. The van der Waals surface area contributed by atoms with Crippen LogP contribution in [0.2, 0.25) is 0 Å². The topological polar surface area (TPSA) is 35.2 Å². The van der Waals surface area contributed by atoms with Crippen molar-refractivity contribution in [2.75, 3.05) is 7.11 Å². The zero-order valence-electron chi connectivity index (χ0n) is 7.77. The molecule has 0 saturated carbocycles. The van der Waals surface area contributed by atoms with Crippen LogP contribution in [0.5, 0.6) is 5.75 Å². The molecule has 1 aromatic carbocycles. The standard InChI is InChI=1S/C9H10BrF2NO/c1-4(13)7-5(11)3-6(14-2)8(10)9(7)12/h3-4H,13H2,1-2H3. The number of benzene rings is 1. The summed E-state index contributed by atoms with van der Waals surface area (Å²) >= 11 is 2.97. The minimum absolute atomic E-state index is 0.0914. The first kappa shape index (κ1) is 11.4. The Kier molecular flexibility index (Phi) is 3.44. The smallest absolute Gasteiger partial charge is 0.148 e. The molecule has 0 radical (unpaired) electrons. The van der Waals surface area contributed by atoms with Crippen molar-refractivity contribution in [2.24, 2.45) is 5.73 Å². The first-order chi connectivity index (χ1) is 6.49. The number of hydrogen-bond acceptors (Lipinski definition) is 2. The van der Waals surface area contributed by atoms with Crippen LogP contribution in [0.4, 0.5) is 8.78 Å². The molecule has 0 fully saturated rings. The SMILES string of the molecule is COc1cc(F)c(C(C)N)c(F)c1Br. The summed E-state index contributed by atoms with van der Waals surface area (Å²) in [5.74, 6) is -1.29. The van der Waals surface area contributed by atoms with Crippen molar-refractivity contribution in [1.29, 1.82) is 0 Å². The van der Waals surface area contributed by atoms with E-state index in [0.29, 0.717) is 0 Å². The normalized spacial score (nSPS) is 12.7. The van der Waals surface area contributed by atoms with E-state index in [1.165, 1.54) is 14.0 Å². The Morgan fingerprint density at radius 1 is 1.50 bits per heavy atom. The van der Waals surface area contributed by atoms with Crippen molar-refractivity contribution in [1.82, 2.24) is 0 Å². The van der Waals surface area contributed by atoms with E-state index < -0.39 is 17.7 Å². The van der Waals surface area contributed by atoms with Crippen LogP contribution in [0.3, 0.4) is 0 Å². The minimum Gasteiger partial charge on any atom is -0.495 e. The third-order valence-electron chi connectivity index (χ3n) is 1.84. The van der Waals surface area contributed by atoms with Gasteiger partial charge in [0.05, 0.1) is 11.6 Å². The predicted octanol–water partition coefficient (Wildman–Crippen LogP) is 2.76. The van der Waals surface area contributed by atoms with E-state index in [1.54, 1.807) is 0 Å². The molecular weight excluding hydrogens is 256 g/mol. The van der Waals surface area contributed by atoms with E-state index in [-0.39, 0.29) is 15.8 Å². The maximum absolute atomic E-state index is 13.5. The Bertz CT molecular complexity index is 355. The van der Waals surface area contributed by atoms with Crippen LogP contribution in [0.25, 0.3) is 0 Å². The van der Waals surface area contributed by atoms with E-state index in [4.69, 9.17) is 10.5 Å². The molecule has 0 bridgehead atoms. The second-order valence-corrected chi connectivity index (χ2v) is 3.68. The van der Waals surface area contributed by atoms with Gasteiger partial charge in [-0.25, -0.2) is 8.78 Å². The number of nitrogens with two attached hydrogens (primary N) is 1. The van der Waals surface area contributed by atoms with Gasteiger partial charge in [0, 0.05) is 17.7 Å². The molecule has 0 saturated heterocycles. The van der Waals surface area contributed by atoms with Crippen molar-refractivity contribution in [3.05, 3.63) is 27.7 Å². The molecule has 5 heteroatoms. The first-order valence-electron chi connectivity index (χ1n) is 3.96. The van der Waals surface area contributed by atoms with Gasteiger partial charge in [0.1, 0.15) is 17.4 Å². The zero-order valence-corrected chi connectivity index (χ0v) is 9.36. The number of methoxy groups -OCH3 is 1. The molecule has 0 aliphatic rings. The Balaban J connectivity index is 3.41. The van der Waals surface area contributed by atoms with Gasteiger partial charge >= 0.3 is 0 Å². The molecular formula is C9H10BrF2NO. The van der Waals surface area contributed by atoms with Crippen LogP contribution >= 0.6 is 15.9 Å². The molecule has 1 atom stereocenters. The summed E-state index contributed by atoms with van der Waals surface area (Å²) < 4.78 is 31.7. The van der Waals surface area contributed by atoms with Crippen molar-refractivity contribution in [3.8, 4) is 5.75 Å². The molecule has 0 amide bonds. The molecule has 2 nitrogen and oxygen atoms in total. The second kappa shape index (κ2) is 4.23. The fourth-order valence-electron chi connectivity index (χ4n) is 1.15. The predicted molar refractivity (Wildman–Crippen MR) is 53.2 cm³/mol. The Morgan fingerprint density at radius 2 is 2.07 bits per heavy atom. The molecule has 78 valence electrons. The van der Waals surface area contributed by atoms with Gasteiger partial charge in [0.2, 0.25) is 0 Å². The molecule has 0 heterocycles. The summed E-state index contributed by atoms with van der Waals surface area (Å²) in [6.07, 6.45) is 0. The lowest BCUT2D eigenvalue weighted by molar-refractivity contribution is 0.400. The quantitative estimate of drug-likeness (QED) is 0.835. The molecule has 1 rings (SSSR count). The Hall–Kier alpha value is -0.680. The summed E-state index contributed by atoms with van der Waals surface area (Å²) in [6, 6.07) is 0.406. The van der Waals surface area contributed by atoms with Crippen LogP contribution in [0, 0.1) is 11.6 Å². The summed E-state index contributed by atoms with van der Waals surface area (Å²) in [7, 11) is 1.34. The van der Waals surface area contributed by atoms with Crippen LogP contribution in [-0.4, -0.2) is 7.11 Å². The maximum Gasteiger partial charge on any atom is 0.148 e. The number of rotatable bonds is 2. The third-order valence-corrected chi connectivity index (χ3v) is 2.57. The number of halogens is 3. The molecule has 0 aliphatic carbocycles. The largest absolute Gasteiger partial charge is 0.495 e. The number of hydrogen-bond donors (Lipinski definition) is 1. The molecule has 0 aliphatic heterocycles.